The van der Waals surface area contributed by atoms with Crippen LogP contribution in [0.5, 0.6) is 10.9 Å². The van der Waals surface area contributed by atoms with Gasteiger partial charge in [-0.05, 0) is 45.7 Å². The molecule has 0 bridgehead atoms. The zero-order chi connectivity index (χ0) is 21.3. The molecule has 1 fully saturated rings. The number of aromatic nitrogens is 3. The smallest absolute Gasteiger partial charge is 0.412 e. The summed E-state index contributed by atoms with van der Waals surface area (Å²) in [5.74, 6) is 1.000. The van der Waals surface area contributed by atoms with Crippen molar-refractivity contribution < 1.29 is 18.7 Å². The fourth-order valence-corrected chi connectivity index (χ4v) is 3.33. The van der Waals surface area contributed by atoms with Crippen LogP contribution in [0.2, 0.25) is 0 Å². The number of hydrogen-bond acceptors (Lipinski definition) is 7. The topological polar surface area (TPSA) is 86.2 Å². The number of rotatable bonds is 5. The van der Waals surface area contributed by atoms with Gasteiger partial charge in [0.25, 0.3) is 5.19 Å². The van der Waals surface area contributed by atoms with E-state index in [1.807, 2.05) is 5.38 Å². The molecular formula is C21H21FN4O3S. The predicted octanol–water partition coefficient (Wildman–Crippen LogP) is 5.76. The Kier molecular flexibility index (Phi) is 5.38. The average Bonchev–Trinajstić information content (AvgIpc) is 3.42. The molecule has 30 heavy (non-hydrogen) atoms. The van der Waals surface area contributed by atoms with Gasteiger partial charge in [-0.25, -0.2) is 24.1 Å². The maximum Gasteiger partial charge on any atom is 0.412 e. The van der Waals surface area contributed by atoms with Crippen molar-refractivity contribution in [3.8, 4) is 22.2 Å². The maximum absolute atomic E-state index is 14.3. The highest BCUT2D eigenvalue weighted by molar-refractivity contribution is 7.11. The lowest BCUT2D eigenvalue weighted by Gasteiger charge is -2.19. The van der Waals surface area contributed by atoms with E-state index < -0.39 is 17.5 Å². The Morgan fingerprint density at radius 2 is 1.97 bits per heavy atom. The Bertz CT molecular complexity index is 1060. The van der Waals surface area contributed by atoms with Gasteiger partial charge in [0.05, 0.1) is 11.4 Å². The van der Waals surface area contributed by atoms with Crippen LogP contribution in [0, 0.1) is 5.82 Å². The summed E-state index contributed by atoms with van der Waals surface area (Å²) < 4.78 is 25.1. The molecule has 1 amide bonds. The van der Waals surface area contributed by atoms with Crippen LogP contribution in [-0.2, 0) is 4.74 Å². The van der Waals surface area contributed by atoms with E-state index in [-0.39, 0.29) is 11.4 Å². The first-order chi connectivity index (χ1) is 14.3. The highest BCUT2D eigenvalue weighted by atomic mass is 32.1. The van der Waals surface area contributed by atoms with Gasteiger partial charge in [0.1, 0.15) is 17.2 Å². The second kappa shape index (κ2) is 7.98. The summed E-state index contributed by atoms with van der Waals surface area (Å²) >= 11 is 1.29. The van der Waals surface area contributed by atoms with E-state index in [0.717, 1.165) is 24.2 Å². The number of benzene rings is 1. The Balaban J connectivity index is 1.41. The molecule has 0 saturated heterocycles. The van der Waals surface area contributed by atoms with Gasteiger partial charge in [0.15, 0.2) is 5.82 Å². The Morgan fingerprint density at radius 1 is 1.23 bits per heavy atom. The molecule has 9 heteroatoms. The molecule has 0 unspecified atom stereocenters. The zero-order valence-electron chi connectivity index (χ0n) is 16.8. The molecule has 1 aromatic carbocycles. The molecule has 0 aliphatic heterocycles. The monoisotopic (exact) mass is 428 g/mol. The molecule has 0 atom stereocenters. The van der Waals surface area contributed by atoms with Gasteiger partial charge in [-0.15, -0.1) is 0 Å². The standard InChI is InChI=1S/C21H21FN4O3S/c1-21(2,3)29-19(27)25-16-7-6-14(8-15(16)22)28-20-26-17(11-30-20)13-9-23-18(24-10-13)12-4-5-12/h6-12H,4-5H2,1-3H3,(H,25,27). The van der Waals surface area contributed by atoms with Gasteiger partial charge in [-0.3, -0.25) is 5.32 Å². The fraction of sp³-hybridized carbons (Fsp3) is 0.333. The molecule has 1 aliphatic carbocycles. The SMILES string of the molecule is CC(C)(C)OC(=O)Nc1ccc(Oc2nc(-c3cnc(C4CC4)nc3)cs2)cc1F. The lowest BCUT2D eigenvalue weighted by Crippen LogP contribution is -2.27. The highest BCUT2D eigenvalue weighted by Gasteiger charge is 2.26. The minimum absolute atomic E-state index is 0.00401. The molecule has 3 aromatic rings. The van der Waals surface area contributed by atoms with Gasteiger partial charge in [-0.1, -0.05) is 11.3 Å². The van der Waals surface area contributed by atoms with E-state index >= 15 is 0 Å². The van der Waals surface area contributed by atoms with Crippen LogP contribution >= 0.6 is 11.3 Å². The largest absolute Gasteiger partial charge is 0.444 e. The number of halogens is 1. The third-order valence-corrected chi connectivity index (χ3v) is 4.89. The Hall–Kier alpha value is -3.07. The Morgan fingerprint density at radius 3 is 2.60 bits per heavy atom. The number of nitrogens with zero attached hydrogens (tertiary/aromatic N) is 3. The summed E-state index contributed by atoms with van der Waals surface area (Å²) in [6.45, 7) is 5.20. The van der Waals surface area contributed by atoms with E-state index in [9.17, 15) is 9.18 Å². The first-order valence-electron chi connectivity index (χ1n) is 9.52. The van der Waals surface area contributed by atoms with E-state index in [1.54, 1.807) is 39.2 Å². The molecule has 1 saturated carbocycles. The predicted molar refractivity (Wildman–Crippen MR) is 111 cm³/mol. The average molecular weight is 428 g/mol. The zero-order valence-corrected chi connectivity index (χ0v) is 17.6. The van der Waals surface area contributed by atoms with Crippen molar-refractivity contribution in [3.63, 3.8) is 0 Å². The van der Waals surface area contributed by atoms with Crippen LogP contribution in [-0.4, -0.2) is 26.6 Å². The minimum atomic E-state index is -0.727. The summed E-state index contributed by atoms with van der Waals surface area (Å²) in [5.41, 5.74) is 0.828. The van der Waals surface area contributed by atoms with E-state index in [2.05, 4.69) is 20.3 Å². The normalized spacial score (nSPS) is 13.7. The van der Waals surface area contributed by atoms with Gasteiger partial charge in [0, 0.05) is 35.3 Å². The quantitative estimate of drug-likeness (QED) is 0.556. The van der Waals surface area contributed by atoms with E-state index in [4.69, 9.17) is 9.47 Å². The van der Waals surface area contributed by atoms with Gasteiger partial charge < -0.3 is 9.47 Å². The molecule has 156 valence electrons. The molecule has 1 aliphatic rings. The second-order valence-corrected chi connectivity index (χ2v) is 8.79. The van der Waals surface area contributed by atoms with Crippen molar-refractivity contribution in [3.05, 3.63) is 47.6 Å². The van der Waals surface area contributed by atoms with Crippen LogP contribution in [0.4, 0.5) is 14.9 Å². The molecule has 0 spiro atoms. The van der Waals surface area contributed by atoms with Crippen LogP contribution in [0.25, 0.3) is 11.3 Å². The van der Waals surface area contributed by atoms with Crippen molar-refractivity contribution in [1.29, 1.82) is 0 Å². The van der Waals surface area contributed by atoms with Crippen LogP contribution in [0.15, 0.2) is 36.0 Å². The molecule has 2 heterocycles. The van der Waals surface area contributed by atoms with E-state index in [1.165, 1.54) is 23.5 Å². The molecule has 4 rings (SSSR count). The van der Waals surface area contributed by atoms with Crippen molar-refractivity contribution in [2.45, 2.75) is 45.1 Å². The maximum atomic E-state index is 14.3. The summed E-state index contributed by atoms with van der Waals surface area (Å²) in [5, 5.41) is 4.58. The molecule has 7 nitrogen and oxygen atoms in total. The first kappa shape index (κ1) is 20.2. The first-order valence-corrected chi connectivity index (χ1v) is 10.4. The number of carbonyl (C=O) groups is 1. The van der Waals surface area contributed by atoms with Crippen molar-refractivity contribution in [1.82, 2.24) is 15.0 Å². The molecular weight excluding hydrogens is 407 g/mol. The summed E-state index contributed by atoms with van der Waals surface area (Å²) in [7, 11) is 0. The third kappa shape index (κ3) is 5.10. The Labute approximate surface area is 177 Å². The summed E-state index contributed by atoms with van der Waals surface area (Å²) in [4.78, 5) is 25.0. The number of amides is 1. The van der Waals surface area contributed by atoms with Crippen molar-refractivity contribution in [2.75, 3.05) is 5.32 Å². The number of anilines is 1. The third-order valence-electron chi connectivity index (χ3n) is 4.17. The molecule has 1 N–H and O–H groups in total. The lowest BCUT2D eigenvalue weighted by molar-refractivity contribution is 0.0635. The fourth-order valence-electron chi connectivity index (χ4n) is 2.63. The van der Waals surface area contributed by atoms with Crippen LogP contribution in [0.3, 0.4) is 0 Å². The number of hydrogen-bond donors (Lipinski definition) is 1. The lowest BCUT2D eigenvalue weighted by atomic mass is 10.2. The molecule has 0 radical (unpaired) electrons. The number of ether oxygens (including phenoxy) is 2. The second-order valence-electron chi connectivity index (χ2n) is 7.97. The summed E-state index contributed by atoms with van der Waals surface area (Å²) in [6.07, 6.45) is 5.09. The van der Waals surface area contributed by atoms with Crippen LogP contribution in [0.1, 0.15) is 45.4 Å². The number of nitrogens with one attached hydrogen (secondary N) is 1. The van der Waals surface area contributed by atoms with Gasteiger partial charge in [-0.2, -0.15) is 0 Å². The number of thiazole rings is 1. The van der Waals surface area contributed by atoms with Crippen molar-refractivity contribution in [2.24, 2.45) is 0 Å². The highest BCUT2D eigenvalue weighted by Crippen LogP contribution is 2.38. The van der Waals surface area contributed by atoms with Crippen LogP contribution < -0.4 is 10.1 Å². The van der Waals surface area contributed by atoms with E-state index in [0.29, 0.717) is 16.8 Å². The minimum Gasteiger partial charge on any atom is -0.444 e. The van der Waals surface area contributed by atoms with Gasteiger partial charge >= 0.3 is 6.09 Å². The number of carbonyl (C=O) groups excluding carboxylic acids is 1. The van der Waals surface area contributed by atoms with Crippen molar-refractivity contribution >= 4 is 23.1 Å². The summed E-state index contributed by atoms with van der Waals surface area (Å²) in [6, 6.07) is 4.14. The van der Waals surface area contributed by atoms with Gasteiger partial charge in [0.2, 0.25) is 0 Å². The molecule has 2 aromatic heterocycles.